The third-order valence-corrected chi connectivity index (χ3v) is 3.33. The van der Waals surface area contributed by atoms with Gasteiger partial charge < -0.3 is 0 Å². The Kier molecular flexibility index (Phi) is 2.75. The van der Waals surface area contributed by atoms with Gasteiger partial charge in [0.25, 0.3) is 0 Å². The summed E-state index contributed by atoms with van der Waals surface area (Å²) in [6.45, 7) is 0. The molecule has 0 atom stereocenters. The molecule has 0 spiro atoms. The quantitative estimate of drug-likeness (QED) is 0.843. The molecule has 0 aliphatic heterocycles. The zero-order valence-electron chi connectivity index (χ0n) is 9.00. The Hall–Kier alpha value is -1.20. The second-order valence-corrected chi connectivity index (χ2v) is 4.90. The Morgan fingerprint density at radius 1 is 1.17 bits per heavy atom. The Labute approximate surface area is 111 Å². The fraction of sp³-hybridized carbons (Fsp3) is 0.273. The summed E-state index contributed by atoms with van der Waals surface area (Å²) in [4.78, 5) is 0. The Morgan fingerprint density at radius 2 is 1.89 bits per heavy atom. The number of hydrogen-bond acceptors (Lipinski definition) is 2. The molecule has 0 N–H and O–H groups in total. The van der Waals surface area contributed by atoms with Crippen LogP contribution in [-0.2, 0) is 0 Å². The van der Waals surface area contributed by atoms with Crippen molar-refractivity contribution in [2.75, 3.05) is 0 Å². The van der Waals surface area contributed by atoms with Gasteiger partial charge in [0.05, 0.1) is 5.02 Å². The van der Waals surface area contributed by atoms with Crippen LogP contribution < -0.4 is 0 Å². The first kappa shape index (κ1) is 11.9. The maximum absolute atomic E-state index is 13.9. The van der Waals surface area contributed by atoms with Crippen LogP contribution in [0.15, 0.2) is 12.1 Å². The minimum absolute atomic E-state index is 0.00466. The van der Waals surface area contributed by atoms with Crippen molar-refractivity contribution in [2.24, 2.45) is 0 Å². The molecule has 94 valence electrons. The van der Waals surface area contributed by atoms with E-state index < -0.39 is 11.6 Å². The van der Waals surface area contributed by atoms with Crippen LogP contribution in [0.3, 0.4) is 0 Å². The van der Waals surface area contributed by atoms with Crippen molar-refractivity contribution >= 4 is 23.2 Å². The summed E-state index contributed by atoms with van der Waals surface area (Å²) in [5, 5.41) is 7.60. The second kappa shape index (κ2) is 4.17. The van der Waals surface area contributed by atoms with E-state index in [1.807, 2.05) is 0 Å². The first-order valence-electron chi connectivity index (χ1n) is 5.33. The van der Waals surface area contributed by atoms with Crippen LogP contribution in [0.5, 0.6) is 0 Å². The van der Waals surface area contributed by atoms with Gasteiger partial charge in [0, 0.05) is 12.0 Å². The maximum atomic E-state index is 13.9. The van der Waals surface area contributed by atoms with E-state index >= 15 is 0 Å². The maximum Gasteiger partial charge on any atom is 0.229 e. The average molecular weight is 290 g/mol. The number of halogens is 4. The zero-order chi connectivity index (χ0) is 12.9. The first-order chi connectivity index (χ1) is 8.58. The summed E-state index contributed by atoms with van der Waals surface area (Å²) in [5.41, 5.74) is -0.00466. The lowest BCUT2D eigenvalue weighted by Crippen LogP contribution is -2.04. The molecule has 0 saturated heterocycles. The van der Waals surface area contributed by atoms with Crippen molar-refractivity contribution < 1.29 is 8.78 Å². The Balaban J connectivity index is 2.23. The molecule has 0 amide bonds. The second-order valence-electron chi connectivity index (χ2n) is 4.15. The summed E-state index contributed by atoms with van der Waals surface area (Å²) < 4.78 is 28.2. The molecular weight excluding hydrogens is 283 g/mol. The van der Waals surface area contributed by atoms with Crippen LogP contribution in [0.1, 0.15) is 24.6 Å². The summed E-state index contributed by atoms with van der Waals surface area (Å²) >= 11 is 11.8. The Bertz CT molecular complexity index is 600. The highest BCUT2D eigenvalue weighted by Gasteiger charge is 2.32. The topological polar surface area (TPSA) is 30.7 Å². The van der Waals surface area contributed by atoms with Gasteiger partial charge in [-0.1, -0.05) is 11.6 Å². The van der Waals surface area contributed by atoms with E-state index in [0.717, 1.165) is 25.0 Å². The average Bonchev–Trinajstić information content (AvgIpc) is 3.04. The van der Waals surface area contributed by atoms with Crippen molar-refractivity contribution in [2.45, 2.75) is 18.8 Å². The largest absolute Gasteiger partial charge is 0.265 e. The molecule has 0 radical (unpaired) electrons. The Morgan fingerprint density at radius 3 is 2.50 bits per heavy atom. The van der Waals surface area contributed by atoms with Gasteiger partial charge in [0.2, 0.25) is 5.28 Å². The summed E-state index contributed by atoms with van der Waals surface area (Å²) in [5.74, 6) is -0.750. The summed E-state index contributed by atoms with van der Waals surface area (Å²) in [6, 6.07) is 1.79. The molecule has 1 saturated carbocycles. The normalized spacial score (nSPS) is 15.1. The van der Waals surface area contributed by atoms with Gasteiger partial charge in [-0.2, -0.15) is 0 Å². The van der Waals surface area contributed by atoms with Gasteiger partial charge in [0.1, 0.15) is 17.3 Å². The molecule has 3 rings (SSSR count). The van der Waals surface area contributed by atoms with Gasteiger partial charge >= 0.3 is 0 Å². The predicted molar refractivity (Wildman–Crippen MR) is 63.3 cm³/mol. The molecule has 2 aromatic rings. The highest BCUT2D eigenvalue weighted by Crippen LogP contribution is 2.41. The number of aromatic nitrogens is 3. The zero-order valence-corrected chi connectivity index (χ0v) is 10.5. The van der Waals surface area contributed by atoms with Crippen LogP contribution in [0.25, 0.3) is 5.69 Å². The van der Waals surface area contributed by atoms with Crippen molar-refractivity contribution in [3.05, 3.63) is 39.9 Å². The fourth-order valence-corrected chi connectivity index (χ4v) is 2.33. The van der Waals surface area contributed by atoms with Crippen molar-refractivity contribution in [1.29, 1.82) is 0 Å². The number of hydrogen-bond donors (Lipinski definition) is 0. The molecule has 1 aromatic carbocycles. The van der Waals surface area contributed by atoms with E-state index in [9.17, 15) is 8.78 Å². The van der Waals surface area contributed by atoms with Gasteiger partial charge in [-0.15, -0.1) is 10.2 Å². The minimum atomic E-state index is -0.788. The molecule has 7 heteroatoms. The molecule has 1 aliphatic rings. The molecule has 18 heavy (non-hydrogen) atoms. The molecular formula is C11H7Cl2F2N3. The van der Waals surface area contributed by atoms with Gasteiger partial charge in [-0.3, -0.25) is 4.57 Å². The lowest BCUT2D eigenvalue weighted by molar-refractivity contribution is 0.576. The van der Waals surface area contributed by atoms with Crippen molar-refractivity contribution in [1.82, 2.24) is 14.8 Å². The molecule has 1 fully saturated rings. The van der Waals surface area contributed by atoms with Crippen LogP contribution >= 0.6 is 23.2 Å². The lowest BCUT2D eigenvalue weighted by Gasteiger charge is -2.10. The third-order valence-electron chi connectivity index (χ3n) is 2.80. The van der Waals surface area contributed by atoms with Gasteiger partial charge in [0.15, 0.2) is 5.82 Å². The van der Waals surface area contributed by atoms with Crippen molar-refractivity contribution in [3.8, 4) is 5.69 Å². The van der Waals surface area contributed by atoms with E-state index in [1.54, 1.807) is 0 Å². The van der Waals surface area contributed by atoms with Gasteiger partial charge in [-0.25, -0.2) is 8.78 Å². The van der Waals surface area contributed by atoms with Crippen LogP contribution in [0.2, 0.25) is 10.3 Å². The molecule has 3 nitrogen and oxygen atoms in total. The number of rotatable bonds is 2. The number of nitrogens with zero attached hydrogens (tertiary/aromatic N) is 3. The lowest BCUT2D eigenvalue weighted by atomic mass is 10.2. The monoisotopic (exact) mass is 289 g/mol. The summed E-state index contributed by atoms with van der Waals surface area (Å²) in [7, 11) is 0. The van der Waals surface area contributed by atoms with E-state index in [0.29, 0.717) is 5.82 Å². The minimum Gasteiger partial charge on any atom is -0.265 e. The van der Waals surface area contributed by atoms with Crippen LogP contribution in [0, 0.1) is 11.6 Å². The standard InChI is InChI=1S/C11H7Cl2F2N3/c12-7-3-6(14)4-8(15)9(7)18-10(5-1-2-5)16-17-11(18)13/h3-5H,1-2H2. The van der Waals surface area contributed by atoms with Crippen molar-refractivity contribution in [3.63, 3.8) is 0 Å². The highest BCUT2D eigenvalue weighted by molar-refractivity contribution is 6.33. The van der Waals surface area contributed by atoms with E-state index in [-0.39, 0.29) is 21.9 Å². The van der Waals surface area contributed by atoms with Crippen LogP contribution in [0.4, 0.5) is 8.78 Å². The van der Waals surface area contributed by atoms with E-state index in [4.69, 9.17) is 23.2 Å². The molecule has 0 bridgehead atoms. The molecule has 0 unspecified atom stereocenters. The molecule has 1 heterocycles. The molecule has 1 aromatic heterocycles. The summed E-state index contributed by atoms with van der Waals surface area (Å²) in [6.07, 6.45) is 1.91. The molecule has 1 aliphatic carbocycles. The smallest absolute Gasteiger partial charge is 0.229 e. The number of benzene rings is 1. The van der Waals surface area contributed by atoms with E-state index in [2.05, 4.69) is 10.2 Å². The van der Waals surface area contributed by atoms with Gasteiger partial charge in [-0.05, 0) is 30.5 Å². The highest BCUT2D eigenvalue weighted by atomic mass is 35.5. The van der Waals surface area contributed by atoms with Crippen LogP contribution in [-0.4, -0.2) is 14.8 Å². The first-order valence-corrected chi connectivity index (χ1v) is 6.09. The third kappa shape index (κ3) is 1.87. The predicted octanol–water partition coefficient (Wildman–Crippen LogP) is 3.73. The fourth-order valence-electron chi connectivity index (χ4n) is 1.84. The van der Waals surface area contributed by atoms with E-state index in [1.165, 1.54) is 4.57 Å². The SMILES string of the molecule is Fc1cc(F)c(-n2c(Cl)nnc2C2CC2)c(Cl)c1.